The first kappa shape index (κ1) is 32.4. The van der Waals surface area contributed by atoms with Crippen LogP contribution in [0.3, 0.4) is 0 Å². The number of unbranched alkanes of at least 4 members (excludes halogenated alkanes) is 14. The number of carbonyl (C=O) groups is 1. The third kappa shape index (κ3) is 18.4. The highest BCUT2D eigenvalue weighted by Gasteiger charge is 2.30. The molecule has 0 aliphatic heterocycles. The highest BCUT2D eigenvalue weighted by atomic mass is 16.5. The summed E-state index contributed by atoms with van der Waals surface area (Å²) in [5.41, 5.74) is 6.71. The molecule has 0 aromatic heterocycles. The monoisotopic (exact) mass is 467 g/mol. The lowest BCUT2D eigenvalue weighted by molar-refractivity contribution is -0.143. The largest absolute Gasteiger partial charge is 0.466 e. The molecule has 0 spiro atoms. The lowest BCUT2D eigenvalue weighted by atomic mass is 9.75. The summed E-state index contributed by atoms with van der Waals surface area (Å²) >= 11 is 0. The second-order valence-electron chi connectivity index (χ2n) is 10.5. The predicted molar refractivity (Wildman–Crippen MR) is 146 cm³/mol. The normalized spacial score (nSPS) is 12.8. The van der Waals surface area contributed by atoms with Gasteiger partial charge < -0.3 is 10.5 Å². The van der Waals surface area contributed by atoms with E-state index in [1.807, 2.05) is 0 Å². The number of carbonyl (C=O) groups excluding carboxylic acids is 1. The molecular weight excluding hydrogens is 406 g/mol. The summed E-state index contributed by atoms with van der Waals surface area (Å²) in [6, 6.07) is 0. The second kappa shape index (κ2) is 23.2. The number of hydrogen-bond acceptors (Lipinski definition) is 3. The molecule has 0 saturated carbocycles. The van der Waals surface area contributed by atoms with Gasteiger partial charge in [0.15, 0.2) is 0 Å². The van der Waals surface area contributed by atoms with Crippen molar-refractivity contribution in [2.75, 3.05) is 6.61 Å². The Hall–Kier alpha value is -0.570. The zero-order valence-electron chi connectivity index (χ0n) is 23.2. The predicted octanol–water partition coefficient (Wildman–Crippen LogP) is 9.51. The molecule has 0 aliphatic carbocycles. The third-order valence-corrected chi connectivity index (χ3v) is 7.73. The van der Waals surface area contributed by atoms with Crippen molar-refractivity contribution < 1.29 is 9.53 Å². The first-order valence-electron chi connectivity index (χ1n) is 15.0. The topological polar surface area (TPSA) is 52.3 Å². The van der Waals surface area contributed by atoms with Gasteiger partial charge in [-0.05, 0) is 44.4 Å². The maximum Gasteiger partial charge on any atom is 0.305 e. The van der Waals surface area contributed by atoms with Crippen LogP contribution in [0.15, 0.2) is 0 Å². The summed E-state index contributed by atoms with van der Waals surface area (Å²) < 4.78 is 5.32. The van der Waals surface area contributed by atoms with Crippen molar-refractivity contribution in [3.05, 3.63) is 0 Å². The van der Waals surface area contributed by atoms with Crippen molar-refractivity contribution in [2.24, 2.45) is 11.7 Å². The number of rotatable bonds is 25. The molecule has 0 aromatic rings. The van der Waals surface area contributed by atoms with Crippen LogP contribution in [0.4, 0.5) is 0 Å². The van der Waals surface area contributed by atoms with E-state index in [1.54, 1.807) is 0 Å². The second-order valence-corrected chi connectivity index (χ2v) is 10.5. The van der Waals surface area contributed by atoms with Crippen molar-refractivity contribution in [1.29, 1.82) is 0 Å². The highest BCUT2D eigenvalue weighted by Crippen LogP contribution is 2.32. The Balaban J connectivity index is 3.92. The quantitative estimate of drug-likeness (QED) is 0.107. The lowest BCUT2D eigenvalue weighted by Gasteiger charge is -2.36. The Labute approximate surface area is 208 Å². The van der Waals surface area contributed by atoms with E-state index in [0.29, 0.717) is 18.9 Å². The average Bonchev–Trinajstić information content (AvgIpc) is 2.82. The van der Waals surface area contributed by atoms with E-state index in [-0.39, 0.29) is 11.5 Å². The van der Waals surface area contributed by atoms with Gasteiger partial charge in [-0.2, -0.15) is 0 Å². The summed E-state index contributed by atoms with van der Waals surface area (Å²) in [7, 11) is 0. The van der Waals surface area contributed by atoms with Crippen LogP contribution in [0, 0.1) is 5.92 Å². The zero-order chi connectivity index (χ0) is 24.6. The molecule has 2 N–H and O–H groups in total. The van der Waals surface area contributed by atoms with Gasteiger partial charge in [-0.1, -0.05) is 124 Å². The molecule has 0 heterocycles. The number of hydrogen-bond donors (Lipinski definition) is 1. The Morgan fingerprint density at radius 2 is 1.06 bits per heavy atom. The molecule has 0 radical (unpaired) electrons. The van der Waals surface area contributed by atoms with Gasteiger partial charge in [0.25, 0.3) is 0 Å². The van der Waals surface area contributed by atoms with Crippen LogP contribution in [0.1, 0.15) is 169 Å². The fourth-order valence-electron chi connectivity index (χ4n) is 5.03. The van der Waals surface area contributed by atoms with Crippen LogP contribution in [0.5, 0.6) is 0 Å². The summed E-state index contributed by atoms with van der Waals surface area (Å²) in [4.78, 5) is 11.9. The van der Waals surface area contributed by atoms with Crippen LogP contribution < -0.4 is 5.73 Å². The maximum atomic E-state index is 11.9. The molecule has 198 valence electrons. The first-order valence-corrected chi connectivity index (χ1v) is 15.0. The fraction of sp³-hybridized carbons (Fsp3) is 0.967. The van der Waals surface area contributed by atoms with Crippen molar-refractivity contribution in [3.63, 3.8) is 0 Å². The molecule has 1 atom stereocenters. The van der Waals surface area contributed by atoms with Crippen LogP contribution in [0.25, 0.3) is 0 Å². The molecule has 0 bridgehead atoms. The standard InChI is InChI=1S/C30H61NO2/c1-5-9-11-12-13-14-15-16-17-18-19-20-21-22-24-28(30(31,7-3)8-4)25-23-26-29(32)33-27-10-6-2/h28H,5-27,31H2,1-4H3. The van der Waals surface area contributed by atoms with E-state index >= 15 is 0 Å². The van der Waals surface area contributed by atoms with Gasteiger partial charge in [0.05, 0.1) is 6.61 Å². The van der Waals surface area contributed by atoms with Gasteiger partial charge >= 0.3 is 5.97 Å². The van der Waals surface area contributed by atoms with E-state index in [1.165, 1.54) is 96.3 Å². The summed E-state index contributed by atoms with van der Waals surface area (Å²) in [5.74, 6) is 0.488. The Morgan fingerprint density at radius 3 is 1.52 bits per heavy atom. The average molecular weight is 468 g/mol. The van der Waals surface area contributed by atoms with Crippen LogP contribution in [-0.4, -0.2) is 18.1 Å². The molecule has 33 heavy (non-hydrogen) atoms. The molecule has 0 fully saturated rings. The minimum absolute atomic E-state index is 0.0330. The Kier molecular flexibility index (Phi) is 22.8. The highest BCUT2D eigenvalue weighted by molar-refractivity contribution is 5.69. The van der Waals surface area contributed by atoms with E-state index in [0.717, 1.165) is 38.5 Å². The number of nitrogens with two attached hydrogens (primary N) is 1. The third-order valence-electron chi connectivity index (χ3n) is 7.73. The molecule has 0 amide bonds. The van der Waals surface area contributed by atoms with Gasteiger partial charge in [-0.25, -0.2) is 0 Å². The van der Waals surface area contributed by atoms with Gasteiger partial charge in [0, 0.05) is 12.0 Å². The molecular formula is C30H61NO2. The Bertz CT molecular complexity index is 420. The minimum atomic E-state index is -0.0807. The first-order chi connectivity index (χ1) is 16.0. The fourth-order valence-corrected chi connectivity index (χ4v) is 5.03. The number of esters is 1. The summed E-state index contributed by atoms with van der Waals surface area (Å²) in [5, 5.41) is 0. The molecule has 0 saturated heterocycles. The van der Waals surface area contributed by atoms with Crippen molar-refractivity contribution in [2.45, 2.75) is 174 Å². The summed E-state index contributed by atoms with van der Waals surface area (Å²) in [6.45, 7) is 9.42. The SMILES string of the molecule is CCCCCCCCCCCCCCCCC(CCCC(=O)OCCCC)C(N)(CC)CC. The van der Waals surface area contributed by atoms with E-state index in [4.69, 9.17) is 10.5 Å². The number of ether oxygens (including phenoxy) is 1. The van der Waals surface area contributed by atoms with E-state index in [2.05, 4.69) is 27.7 Å². The van der Waals surface area contributed by atoms with Crippen molar-refractivity contribution in [1.82, 2.24) is 0 Å². The van der Waals surface area contributed by atoms with Gasteiger partial charge in [-0.15, -0.1) is 0 Å². The lowest BCUT2D eigenvalue weighted by Crippen LogP contribution is -2.46. The molecule has 1 unspecified atom stereocenters. The van der Waals surface area contributed by atoms with E-state index in [9.17, 15) is 4.79 Å². The van der Waals surface area contributed by atoms with Crippen LogP contribution >= 0.6 is 0 Å². The van der Waals surface area contributed by atoms with Crippen molar-refractivity contribution in [3.8, 4) is 0 Å². The molecule has 3 heteroatoms. The smallest absolute Gasteiger partial charge is 0.305 e. The molecule has 0 aromatic carbocycles. The minimum Gasteiger partial charge on any atom is -0.466 e. The zero-order valence-corrected chi connectivity index (χ0v) is 23.2. The van der Waals surface area contributed by atoms with Crippen LogP contribution in [-0.2, 0) is 9.53 Å². The van der Waals surface area contributed by atoms with Crippen molar-refractivity contribution >= 4 is 5.97 Å². The maximum absolute atomic E-state index is 11.9. The van der Waals surface area contributed by atoms with Gasteiger partial charge in [0.1, 0.15) is 0 Å². The Morgan fingerprint density at radius 1 is 0.636 bits per heavy atom. The molecule has 3 nitrogen and oxygen atoms in total. The molecule has 0 aliphatic rings. The molecule has 0 rings (SSSR count). The van der Waals surface area contributed by atoms with Gasteiger partial charge in [0.2, 0.25) is 0 Å². The summed E-state index contributed by atoms with van der Waals surface area (Å²) in [6.07, 6.45) is 27.4. The van der Waals surface area contributed by atoms with Crippen LogP contribution in [0.2, 0.25) is 0 Å². The van der Waals surface area contributed by atoms with E-state index < -0.39 is 0 Å². The van der Waals surface area contributed by atoms with Gasteiger partial charge in [-0.3, -0.25) is 4.79 Å².